The number of nitrogens with zero attached hydrogens (tertiary/aromatic N) is 2. The lowest BCUT2D eigenvalue weighted by Crippen LogP contribution is -2.39. The zero-order valence-corrected chi connectivity index (χ0v) is 18.6. The summed E-state index contributed by atoms with van der Waals surface area (Å²) in [5, 5.41) is 8.91. The highest BCUT2D eigenvalue weighted by molar-refractivity contribution is 14.0. The van der Waals surface area contributed by atoms with Gasteiger partial charge in [-0.2, -0.15) is 0 Å². The molecule has 1 aromatic carbocycles. The minimum Gasteiger partial charge on any atom is -0.357 e. The van der Waals surface area contributed by atoms with Gasteiger partial charge in [0.1, 0.15) is 0 Å². The minimum atomic E-state index is 0. The second-order valence-corrected chi connectivity index (χ2v) is 7.34. The van der Waals surface area contributed by atoms with Crippen molar-refractivity contribution in [1.82, 2.24) is 15.5 Å². The third-order valence-corrected chi connectivity index (χ3v) is 5.42. The molecule has 1 aliphatic heterocycles. The second-order valence-electron chi connectivity index (χ2n) is 6.31. The van der Waals surface area contributed by atoms with Gasteiger partial charge in [0.05, 0.1) is 6.54 Å². The molecular formula is C20H29IN4S. The van der Waals surface area contributed by atoms with Crippen LogP contribution in [0.2, 0.25) is 0 Å². The van der Waals surface area contributed by atoms with Crippen molar-refractivity contribution in [2.24, 2.45) is 4.99 Å². The molecule has 0 atom stereocenters. The van der Waals surface area contributed by atoms with E-state index < -0.39 is 0 Å². The lowest BCUT2D eigenvalue weighted by molar-refractivity contribution is 0.261. The van der Waals surface area contributed by atoms with Crippen molar-refractivity contribution in [1.29, 1.82) is 0 Å². The maximum absolute atomic E-state index is 4.74. The second kappa shape index (κ2) is 11.6. The van der Waals surface area contributed by atoms with Crippen molar-refractivity contribution in [3.63, 3.8) is 0 Å². The summed E-state index contributed by atoms with van der Waals surface area (Å²) >= 11 is 1.81. The molecule has 3 rings (SSSR count). The molecule has 1 aromatic heterocycles. The van der Waals surface area contributed by atoms with Gasteiger partial charge in [-0.3, -0.25) is 9.89 Å². The number of guanidine groups is 1. The van der Waals surface area contributed by atoms with Gasteiger partial charge in [-0.05, 0) is 42.3 Å². The molecule has 26 heavy (non-hydrogen) atoms. The average molecular weight is 484 g/mol. The minimum absolute atomic E-state index is 0. The Morgan fingerprint density at radius 3 is 2.77 bits per heavy atom. The van der Waals surface area contributed by atoms with Crippen LogP contribution in [0.1, 0.15) is 22.9 Å². The fourth-order valence-corrected chi connectivity index (χ4v) is 3.86. The standard InChI is InChI=1S/C20H28N4S.HI/c1-2-21-20(22-11-9-19-8-5-15-25-19)23-12-14-24-13-10-17-6-3-4-7-18(17)16-24;/h3-8,15H,2,9-14,16H2,1H3,(H2,21,22,23);1H. The van der Waals surface area contributed by atoms with Gasteiger partial charge in [0, 0.05) is 37.6 Å². The van der Waals surface area contributed by atoms with Crippen molar-refractivity contribution in [3.8, 4) is 0 Å². The highest BCUT2D eigenvalue weighted by Crippen LogP contribution is 2.17. The van der Waals surface area contributed by atoms with Gasteiger partial charge in [0.25, 0.3) is 0 Å². The molecule has 4 nitrogen and oxygen atoms in total. The van der Waals surface area contributed by atoms with Gasteiger partial charge in [-0.25, -0.2) is 0 Å². The fraction of sp³-hybridized carbons (Fsp3) is 0.450. The summed E-state index contributed by atoms with van der Waals surface area (Å²) in [7, 11) is 0. The molecular weight excluding hydrogens is 455 g/mol. The number of nitrogens with one attached hydrogen (secondary N) is 2. The van der Waals surface area contributed by atoms with Crippen LogP contribution in [0.4, 0.5) is 0 Å². The number of hydrogen-bond acceptors (Lipinski definition) is 3. The summed E-state index contributed by atoms with van der Waals surface area (Å²) < 4.78 is 0. The topological polar surface area (TPSA) is 39.7 Å². The first-order valence-corrected chi connectivity index (χ1v) is 10.1. The molecule has 0 aliphatic carbocycles. The molecule has 0 fully saturated rings. The van der Waals surface area contributed by atoms with Crippen LogP contribution in [0.5, 0.6) is 0 Å². The first-order valence-electron chi connectivity index (χ1n) is 9.19. The van der Waals surface area contributed by atoms with E-state index in [0.717, 1.165) is 58.1 Å². The first kappa shape index (κ1) is 21.2. The number of thiophene rings is 1. The Balaban J connectivity index is 0.00000243. The summed E-state index contributed by atoms with van der Waals surface area (Å²) in [6.45, 7) is 7.94. The summed E-state index contributed by atoms with van der Waals surface area (Å²) in [5.74, 6) is 0.927. The van der Waals surface area contributed by atoms with Crippen molar-refractivity contribution in [2.45, 2.75) is 26.3 Å². The molecule has 0 bridgehead atoms. The molecule has 0 unspecified atom stereocenters. The van der Waals surface area contributed by atoms with Crippen LogP contribution in [-0.4, -0.2) is 43.6 Å². The van der Waals surface area contributed by atoms with E-state index in [1.165, 1.54) is 16.0 Å². The third kappa shape index (κ3) is 6.55. The quantitative estimate of drug-likeness (QED) is 0.359. The molecule has 6 heteroatoms. The molecule has 0 saturated carbocycles. The maximum Gasteiger partial charge on any atom is 0.191 e. The van der Waals surface area contributed by atoms with Gasteiger partial charge >= 0.3 is 0 Å². The molecule has 2 N–H and O–H groups in total. The summed E-state index contributed by atoms with van der Waals surface area (Å²) in [6, 6.07) is 13.1. The monoisotopic (exact) mass is 484 g/mol. The summed E-state index contributed by atoms with van der Waals surface area (Å²) in [6.07, 6.45) is 2.20. The molecule has 2 aromatic rings. The summed E-state index contributed by atoms with van der Waals surface area (Å²) in [5.41, 5.74) is 2.98. The Labute approximate surface area is 178 Å². The fourth-order valence-electron chi connectivity index (χ4n) is 3.15. The number of fused-ring (bicyclic) bond motifs is 1. The lowest BCUT2D eigenvalue weighted by Gasteiger charge is -2.28. The Morgan fingerprint density at radius 1 is 1.15 bits per heavy atom. The summed E-state index contributed by atoms with van der Waals surface area (Å²) in [4.78, 5) is 8.65. The lowest BCUT2D eigenvalue weighted by atomic mass is 10.0. The normalized spacial score (nSPS) is 14.4. The van der Waals surface area contributed by atoms with Gasteiger partial charge < -0.3 is 10.6 Å². The van der Waals surface area contributed by atoms with Crippen LogP contribution < -0.4 is 10.6 Å². The number of aliphatic imine (C=N–C) groups is 1. The molecule has 0 radical (unpaired) electrons. The van der Waals surface area contributed by atoms with Crippen LogP contribution in [0, 0.1) is 0 Å². The van der Waals surface area contributed by atoms with Crippen LogP contribution in [-0.2, 0) is 19.4 Å². The zero-order chi connectivity index (χ0) is 17.3. The van der Waals surface area contributed by atoms with Gasteiger partial charge in [-0.1, -0.05) is 30.3 Å². The molecule has 0 spiro atoms. The zero-order valence-electron chi connectivity index (χ0n) is 15.4. The van der Waals surface area contributed by atoms with Crippen LogP contribution in [0.25, 0.3) is 0 Å². The smallest absolute Gasteiger partial charge is 0.191 e. The number of halogens is 1. The Bertz CT molecular complexity index is 672. The van der Waals surface area contributed by atoms with Crippen LogP contribution in [0.3, 0.4) is 0 Å². The molecule has 0 amide bonds. The van der Waals surface area contributed by atoms with Crippen molar-refractivity contribution in [2.75, 3.05) is 32.7 Å². The third-order valence-electron chi connectivity index (χ3n) is 4.48. The predicted octanol–water partition coefficient (Wildman–Crippen LogP) is 3.52. The average Bonchev–Trinajstić information content (AvgIpc) is 3.15. The highest BCUT2D eigenvalue weighted by Gasteiger charge is 2.14. The van der Waals surface area contributed by atoms with Crippen molar-refractivity contribution in [3.05, 3.63) is 57.8 Å². The highest BCUT2D eigenvalue weighted by atomic mass is 127. The first-order chi connectivity index (χ1) is 12.3. The van der Waals surface area contributed by atoms with Crippen molar-refractivity contribution >= 4 is 41.3 Å². The van der Waals surface area contributed by atoms with E-state index in [1.807, 2.05) is 11.3 Å². The van der Waals surface area contributed by atoms with E-state index in [-0.39, 0.29) is 24.0 Å². The SMILES string of the molecule is CCNC(=NCCN1CCc2ccccc2C1)NCCc1cccs1.I. The molecule has 142 valence electrons. The van der Waals surface area contributed by atoms with Crippen LogP contribution in [0.15, 0.2) is 46.8 Å². The van der Waals surface area contributed by atoms with E-state index in [1.54, 1.807) is 0 Å². The van der Waals surface area contributed by atoms with E-state index in [4.69, 9.17) is 4.99 Å². The Kier molecular flexibility index (Phi) is 9.42. The molecule has 0 saturated heterocycles. The van der Waals surface area contributed by atoms with Crippen LogP contribution >= 0.6 is 35.3 Å². The molecule has 2 heterocycles. The Morgan fingerprint density at radius 2 is 2.00 bits per heavy atom. The van der Waals surface area contributed by atoms with E-state index >= 15 is 0 Å². The van der Waals surface area contributed by atoms with E-state index in [0.29, 0.717) is 0 Å². The van der Waals surface area contributed by atoms with Gasteiger partial charge in [0.2, 0.25) is 0 Å². The van der Waals surface area contributed by atoms with E-state index in [2.05, 4.69) is 64.2 Å². The van der Waals surface area contributed by atoms with E-state index in [9.17, 15) is 0 Å². The number of hydrogen-bond donors (Lipinski definition) is 2. The number of rotatable bonds is 7. The molecule has 1 aliphatic rings. The Hall–Kier alpha value is -1.12. The largest absolute Gasteiger partial charge is 0.357 e. The van der Waals surface area contributed by atoms with Crippen molar-refractivity contribution < 1.29 is 0 Å². The van der Waals surface area contributed by atoms with Gasteiger partial charge in [0.15, 0.2) is 5.96 Å². The number of benzene rings is 1. The predicted molar refractivity (Wildman–Crippen MR) is 123 cm³/mol. The maximum atomic E-state index is 4.74. The van der Waals surface area contributed by atoms with Gasteiger partial charge in [-0.15, -0.1) is 35.3 Å².